The van der Waals surface area contributed by atoms with E-state index >= 15 is 0 Å². The zero-order valence-electron chi connectivity index (χ0n) is 14.1. The summed E-state index contributed by atoms with van der Waals surface area (Å²) in [6.45, 7) is 0.287. The van der Waals surface area contributed by atoms with Gasteiger partial charge in [-0.3, -0.25) is 4.57 Å². The molecule has 10 nitrogen and oxygen atoms in total. The molecule has 1 aromatic carbocycles. The van der Waals surface area contributed by atoms with Gasteiger partial charge in [0.1, 0.15) is 5.52 Å². The molecule has 0 saturated heterocycles. The third kappa shape index (κ3) is 4.60. The Kier molecular flexibility index (Phi) is 6.75. The van der Waals surface area contributed by atoms with Crippen molar-refractivity contribution < 1.29 is 19.1 Å². The number of aromatic nitrogens is 4. The second-order valence-electron chi connectivity index (χ2n) is 5.30. The fraction of sp³-hybridized carbons (Fsp3) is 0.214. The van der Waals surface area contributed by atoms with Crippen LogP contribution in [0.25, 0.3) is 11.2 Å². The first-order chi connectivity index (χ1) is 11.9. The van der Waals surface area contributed by atoms with E-state index in [0.29, 0.717) is 16.7 Å². The first-order valence-electron chi connectivity index (χ1n) is 7.32. The van der Waals surface area contributed by atoms with E-state index in [1.54, 1.807) is 34.9 Å². The molecule has 1 atom stereocenters. The average molecular weight is 387 g/mol. The number of hydrogen-bond donors (Lipinski definition) is 4. The minimum absolute atomic E-state index is 0. The molecule has 6 N–H and O–H groups in total. The number of rotatable bonds is 6. The molecule has 0 aliphatic carbocycles. The fourth-order valence-corrected chi connectivity index (χ4v) is 3.28. The maximum atomic E-state index is 11.7. The second-order valence-corrected chi connectivity index (χ2v) is 6.95. The Bertz CT molecular complexity index is 932. The summed E-state index contributed by atoms with van der Waals surface area (Å²) in [4.78, 5) is 31.1. The molecular weight excluding hydrogens is 370 g/mol. The van der Waals surface area contributed by atoms with Crippen LogP contribution in [0.5, 0.6) is 0 Å². The van der Waals surface area contributed by atoms with Gasteiger partial charge >= 0.3 is 7.60 Å². The van der Waals surface area contributed by atoms with Crippen LogP contribution in [0, 0.1) is 0 Å². The predicted octanol–water partition coefficient (Wildman–Crippen LogP) is 0.503. The number of anilines is 2. The molecule has 26 heavy (non-hydrogen) atoms. The van der Waals surface area contributed by atoms with Crippen molar-refractivity contribution >= 4 is 60.1 Å². The van der Waals surface area contributed by atoms with Crippen molar-refractivity contribution in [2.75, 3.05) is 18.1 Å². The Labute approximate surface area is 171 Å². The van der Waals surface area contributed by atoms with E-state index in [1.165, 1.54) is 6.33 Å². The molecule has 133 valence electrons. The van der Waals surface area contributed by atoms with E-state index in [-0.39, 0.29) is 54.5 Å². The summed E-state index contributed by atoms with van der Waals surface area (Å²) in [5, 5.41) is 0. The maximum absolute atomic E-state index is 11.7. The van der Waals surface area contributed by atoms with Crippen molar-refractivity contribution in [2.45, 2.75) is 12.4 Å². The van der Waals surface area contributed by atoms with Gasteiger partial charge in [-0.15, -0.1) is 0 Å². The number of nitrogens with zero attached hydrogens (tertiary/aromatic N) is 4. The molecule has 2 aromatic heterocycles. The predicted molar refractivity (Wildman–Crippen MR) is 97.1 cm³/mol. The van der Waals surface area contributed by atoms with E-state index in [2.05, 4.69) is 15.0 Å². The van der Waals surface area contributed by atoms with Gasteiger partial charge in [0, 0.05) is 36.1 Å². The molecule has 3 aromatic rings. The summed E-state index contributed by atoms with van der Waals surface area (Å²) in [5.41, 5.74) is 12.6. The van der Waals surface area contributed by atoms with Crippen LogP contribution in [0.15, 0.2) is 36.7 Å². The minimum Gasteiger partial charge on any atom is -0.382 e. The number of hydrogen-bond acceptors (Lipinski definition) is 7. The van der Waals surface area contributed by atoms with Crippen molar-refractivity contribution in [2.24, 2.45) is 0 Å². The van der Waals surface area contributed by atoms with Gasteiger partial charge < -0.3 is 30.6 Å². The summed E-state index contributed by atoms with van der Waals surface area (Å²) < 4.78 is 18.8. The molecule has 0 saturated carbocycles. The molecule has 12 heteroatoms. The number of imidazole rings is 1. The molecule has 3 rings (SSSR count). The smallest absolute Gasteiger partial charge is 0.358 e. The topological polar surface area (TPSA) is 162 Å². The fourth-order valence-electron chi connectivity index (χ4n) is 2.42. The minimum atomic E-state index is -4.48. The second kappa shape index (κ2) is 8.45. The van der Waals surface area contributed by atoms with Gasteiger partial charge in [0.25, 0.3) is 0 Å². The van der Waals surface area contributed by atoms with Gasteiger partial charge in [0.05, 0.1) is 12.9 Å². The van der Waals surface area contributed by atoms with E-state index in [9.17, 15) is 14.4 Å². The largest absolute Gasteiger partial charge is 0.382 e. The molecule has 0 aliphatic rings. The summed E-state index contributed by atoms with van der Waals surface area (Å²) in [5.74, 6) is -1.15. The number of fused-ring (bicyclic) bond motifs is 1. The van der Waals surface area contributed by atoms with E-state index in [1.807, 2.05) is 0 Å². The maximum Gasteiger partial charge on any atom is 0.358 e. The molecule has 0 bridgehead atoms. The number of nitrogens with two attached hydrogens (primary N) is 2. The van der Waals surface area contributed by atoms with Gasteiger partial charge in [-0.25, -0.2) is 4.98 Å². The van der Waals surface area contributed by atoms with E-state index in [4.69, 9.17) is 16.2 Å². The van der Waals surface area contributed by atoms with Crippen LogP contribution in [0.2, 0.25) is 0 Å². The van der Waals surface area contributed by atoms with Crippen molar-refractivity contribution in [1.82, 2.24) is 19.5 Å². The molecule has 0 aliphatic heterocycles. The monoisotopic (exact) mass is 387 g/mol. The summed E-state index contributed by atoms with van der Waals surface area (Å²) in [6, 6.07) is 8.34. The molecular formula is C14H17N6NaO4P. The number of benzene rings is 1. The van der Waals surface area contributed by atoms with Gasteiger partial charge in [-0.05, 0) is 5.56 Å². The summed E-state index contributed by atoms with van der Waals surface area (Å²) in [7, 11) is -4.48. The van der Waals surface area contributed by atoms with Crippen LogP contribution in [0.4, 0.5) is 11.8 Å². The zero-order chi connectivity index (χ0) is 18.0. The Hall–Kier alpha value is -1.52. The normalized spacial score (nSPS) is 12.7. The SMILES string of the molecule is Nc1nc(N)c2ncn(CCOC(c3ccccc3)P(=O)(O)O)c2n1.[Na]. The van der Waals surface area contributed by atoms with Gasteiger partial charge in [0.15, 0.2) is 17.3 Å². The van der Waals surface area contributed by atoms with Gasteiger partial charge in [-0.1, -0.05) is 30.3 Å². The quantitative estimate of drug-likeness (QED) is 0.348. The molecule has 0 amide bonds. The van der Waals surface area contributed by atoms with Crippen LogP contribution in [0.3, 0.4) is 0 Å². The van der Waals surface area contributed by atoms with Crippen molar-refractivity contribution in [1.29, 1.82) is 0 Å². The zero-order valence-corrected chi connectivity index (χ0v) is 17.0. The first-order valence-corrected chi connectivity index (χ1v) is 9.00. The van der Waals surface area contributed by atoms with Crippen molar-refractivity contribution in [3.8, 4) is 0 Å². The van der Waals surface area contributed by atoms with Crippen LogP contribution in [-0.4, -0.2) is 65.5 Å². The molecule has 0 spiro atoms. The third-order valence-electron chi connectivity index (χ3n) is 3.51. The number of ether oxygens (including phenoxy) is 1. The van der Waals surface area contributed by atoms with Crippen LogP contribution in [0.1, 0.15) is 11.4 Å². The van der Waals surface area contributed by atoms with Crippen LogP contribution >= 0.6 is 7.60 Å². The average Bonchev–Trinajstić information content (AvgIpc) is 2.94. The summed E-state index contributed by atoms with van der Waals surface area (Å²) >= 11 is 0. The molecule has 1 radical (unpaired) electrons. The standard InChI is InChI=1S/C14H17N6O4P.Na/c15-11-10-12(19-14(16)18-11)20(8-17-10)6-7-24-13(25(21,22)23)9-4-2-1-3-5-9;/h1-5,8,13H,6-7H2,(H2,21,22,23)(H4,15,16,18,19);. The Morgan fingerprint density at radius 2 is 1.88 bits per heavy atom. The van der Waals surface area contributed by atoms with Crippen molar-refractivity contribution in [3.63, 3.8) is 0 Å². The van der Waals surface area contributed by atoms with Crippen LogP contribution in [-0.2, 0) is 15.8 Å². The van der Waals surface area contributed by atoms with E-state index < -0.39 is 13.4 Å². The molecule has 0 fully saturated rings. The van der Waals surface area contributed by atoms with E-state index in [0.717, 1.165) is 0 Å². The summed E-state index contributed by atoms with van der Waals surface area (Å²) in [6.07, 6.45) is 1.49. The van der Waals surface area contributed by atoms with Gasteiger partial charge in [-0.2, -0.15) is 9.97 Å². The first kappa shape index (κ1) is 20.8. The number of nitrogen functional groups attached to an aromatic ring is 2. The Morgan fingerprint density at radius 3 is 2.54 bits per heavy atom. The third-order valence-corrected chi connectivity index (χ3v) is 4.56. The molecule has 1 unspecified atom stereocenters. The Morgan fingerprint density at radius 1 is 1.19 bits per heavy atom. The van der Waals surface area contributed by atoms with Gasteiger partial charge in [0.2, 0.25) is 5.95 Å². The Balaban J connectivity index is 0.00000243. The van der Waals surface area contributed by atoms with Crippen LogP contribution < -0.4 is 11.5 Å². The molecule has 2 heterocycles. The van der Waals surface area contributed by atoms with Crippen molar-refractivity contribution in [3.05, 3.63) is 42.2 Å².